The molecule has 3 rings (SSSR count). The van der Waals surface area contributed by atoms with Crippen LogP contribution in [0, 0.1) is 18.3 Å². The summed E-state index contributed by atoms with van der Waals surface area (Å²) in [7, 11) is -3.46. The van der Waals surface area contributed by atoms with Gasteiger partial charge in [0.25, 0.3) is 0 Å². The van der Waals surface area contributed by atoms with Crippen molar-refractivity contribution in [2.75, 3.05) is 13.1 Å². The average Bonchev–Trinajstić information content (AvgIpc) is 3.04. The maximum absolute atomic E-state index is 12.7. The summed E-state index contributed by atoms with van der Waals surface area (Å²) in [5.74, 6) is 0.0628. The Bertz CT molecular complexity index is 827. The zero-order valence-corrected chi connectivity index (χ0v) is 13.5. The smallest absolute Gasteiger partial charge is 0.207 e. The Morgan fingerprint density at radius 2 is 1.87 bits per heavy atom. The van der Waals surface area contributed by atoms with Crippen LogP contribution in [0.1, 0.15) is 35.7 Å². The third kappa shape index (κ3) is 2.98. The topological polar surface area (TPSA) is 103 Å². The first-order valence-electron chi connectivity index (χ1n) is 7.40. The lowest BCUT2D eigenvalue weighted by atomic mass is 9.93. The summed E-state index contributed by atoms with van der Waals surface area (Å²) in [6.07, 6.45) is 1.26. The van der Waals surface area contributed by atoms with E-state index in [0.29, 0.717) is 42.2 Å². The number of H-pyrrole nitrogens is 1. The van der Waals surface area contributed by atoms with Gasteiger partial charge in [0.2, 0.25) is 10.0 Å². The first kappa shape index (κ1) is 15.6. The largest absolute Gasteiger partial charge is 0.243 e. The predicted molar refractivity (Wildman–Crippen MR) is 83.0 cm³/mol. The predicted octanol–water partition coefficient (Wildman–Crippen LogP) is 1.55. The second kappa shape index (κ2) is 6.10. The molecule has 1 aromatic heterocycles. The van der Waals surface area contributed by atoms with Gasteiger partial charge in [-0.2, -0.15) is 19.9 Å². The highest BCUT2D eigenvalue weighted by molar-refractivity contribution is 7.89. The van der Waals surface area contributed by atoms with E-state index in [1.165, 1.54) is 4.31 Å². The van der Waals surface area contributed by atoms with Crippen molar-refractivity contribution in [1.29, 1.82) is 5.26 Å². The van der Waals surface area contributed by atoms with Gasteiger partial charge in [0.15, 0.2) is 5.69 Å². The quantitative estimate of drug-likeness (QED) is 0.919. The van der Waals surface area contributed by atoms with Crippen LogP contribution in [0.5, 0.6) is 0 Å². The van der Waals surface area contributed by atoms with Gasteiger partial charge in [-0.15, -0.1) is 5.10 Å². The number of piperidine rings is 1. The van der Waals surface area contributed by atoms with Gasteiger partial charge < -0.3 is 0 Å². The van der Waals surface area contributed by atoms with Gasteiger partial charge in [-0.25, -0.2) is 8.42 Å². The molecule has 1 N–H and O–H groups in total. The molecule has 0 unspecified atom stereocenters. The summed E-state index contributed by atoms with van der Waals surface area (Å²) in [6, 6.07) is 8.89. The Morgan fingerprint density at radius 1 is 1.22 bits per heavy atom. The van der Waals surface area contributed by atoms with Crippen LogP contribution in [0.25, 0.3) is 0 Å². The lowest BCUT2D eigenvalue weighted by Gasteiger charge is -2.30. The van der Waals surface area contributed by atoms with Crippen LogP contribution < -0.4 is 0 Å². The van der Waals surface area contributed by atoms with Crippen molar-refractivity contribution < 1.29 is 8.42 Å². The SMILES string of the molecule is Cc1ccc(S(=O)(=O)N2CCC(c3n[nH]nc3C#N)CC2)cc1. The van der Waals surface area contributed by atoms with Gasteiger partial charge in [-0.3, -0.25) is 0 Å². The molecule has 0 aliphatic carbocycles. The van der Waals surface area contributed by atoms with E-state index in [1.807, 2.05) is 13.0 Å². The average molecular weight is 331 g/mol. The maximum Gasteiger partial charge on any atom is 0.243 e. The van der Waals surface area contributed by atoms with Gasteiger partial charge >= 0.3 is 0 Å². The molecule has 1 aliphatic heterocycles. The van der Waals surface area contributed by atoms with E-state index in [9.17, 15) is 8.42 Å². The van der Waals surface area contributed by atoms with Crippen LogP contribution in [0.3, 0.4) is 0 Å². The van der Waals surface area contributed by atoms with Crippen molar-refractivity contribution >= 4 is 10.0 Å². The van der Waals surface area contributed by atoms with Gasteiger partial charge in [0.1, 0.15) is 11.8 Å². The molecule has 8 heteroatoms. The highest BCUT2D eigenvalue weighted by atomic mass is 32.2. The molecule has 0 spiro atoms. The van der Waals surface area contributed by atoms with Gasteiger partial charge in [0.05, 0.1) is 4.90 Å². The van der Waals surface area contributed by atoms with Crippen LogP contribution >= 0.6 is 0 Å². The van der Waals surface area contributed by atoms with Crippen LogP contribution in [0.15, 0.2) is 29.2 Å². The molecule has 0 atom stereocenters. The molecule has 0 saturated carbocycles. The monoisotopic (exact) mass is 331 g/mol. The molecule has 0 bridgehead atoms. The first-order valence-corrected chi connectivity index (χ1v) is 8.84. The fraction of sp³-hybridized carbons (Fsp3) is 0.400. The molecule has 2 aromatic rings. The Hall–Kier alpha value is -2.24. The Morgan fingerprint density at radius 3 is 2.48 bits per heavy atom. The summed E-state index contributed by atoms with van der Waals surface area (Å²) in [4.78, 5) is 0.320. The number of aromatic amines is 1. The summed E-state index contributed by atoms with van der Waals surface area (Å²) in [5.41, 5.74) is 1.96. The second-order valence-electron chi connectivity index (χ2n) is 5.66. The number of hydrogen-bond acceptors (Lipinski definition) is 5. The van der Waals surface area contributed by atoms with E-state index >= 15 is 0 Å². The molecule has 0 radical (unpaired) electrons. The fourth-order valence-corrected chi connectivity index (χ4v) is 4.30. The molecule has 120 valence electrons. The molecule has 1 aliphatic rings. The number of hydrogen-bond donors (Lipinski definition) is 1. The van der Waals surface area contributed by atoms with E-state index in [1.54, 1.807) is 24.3 Å². The minimum Gasteiger partial charge on any atom is -0.207 e. The maximum atomic E-state index is 12.7. The van der Waals surface area contributed by atoms with Crippen LogP contribution in [0.2, 0.25) is 0 Å². The number of nitriles is 1. The lowest BCUT2D eigenvalue weighted by molar-refractivity contribution is 0.316. The molecular formula is C15H17N5O2S. The molecule has 7 nitrogen and oxygen atoms in total. The van der Waals surface area contributed by atoms with E-state index in [2.05, 4.69) is 15.4 Å². The standard InChI is InChI=1S/C15H17N5O2S/c1-11-2-4-13(5-3-11)23(21,22)20-8-6-12(7-9-20)15-14(10-16)17-19-18-15/h2-5,12H,6-9H2,1H3,(H,17,18,19). The summed E-state index contributed by atoms with van der Waals surface area (Å²) < 4.78 is 26.8. The fourth-order valence-electron chi connectivity index (χ4n) is 2.83. The molecule has 1 aromatic carbocycles. The number of nitrogens with zero attached hydrogens (tertiary/aromatic N) is 4. The Labute approximate surface area is 135 Å². The van der Waals surface area contributed by atoms with Crippen molar-refractivity contribution in [3.8, 4) is 6.07 Å². The minimum atomic E-state index is -3.46. The van der Waals surface area contributed by atoms with Gasteiger partial charge in [-0.05, 0) is 31.9 Å². The van der Waals surface area contributed by atoms with Crippen molar-refractivity contribution in [2.45, 2.75) is 30.6 Å². The first-order chi connectivity index (χ1) is 11.0. The lowest BCUT2D eigenvalue weighted by Crippen LogP contribution is -2.38. The third-order valence-corrected chi connectivity index (χ3v) is 6.09. The highest BCUT2D eigenvalue weighted by Gasteiger charge is 2.31. The summed E-state index contributed by atoms with van der Waals surface area (Å²) >= 11 is 0. The van der Waals surface area contributed by atoms with Crippen molar-refractivity contribution in [3.63, 3.8) is 0 Å². The number of benzene rings is 1. The molecule has 1 fully saturated rings. The summed E-state index contributed by atoms with van der Waals surface area (Å²) in [6.45, 7) is 2.75. The van der Waals surface area contributed by atoms with E-state index in [4.69, 9.17) is 5.26 Å². The van der Waals surface area contributed by atoms with E-state index in [0.717, 1.165) is 5.56 Å². The zero-order valence-electron chi connectivity index (χ0n) is 12.7. The molecule has 23 heavy (non-hydrogen) atoms. The Kier molecular flexibility index (Phi) is 4.15. The van der Waals surface area contributed by atoms with Crippen LogP contribution in [-0.4, -0.2) is 41.2 Å². The minimum absolute atomic E-state index is 0.0628. The molecule has 0 amide bonds. The van der Waals surface area contributed by atoms with E-state index < -0.39 is 10.0 Å². The van der Waals surface area contributed by atoms with Gasteiger partial charge in [0, 0.05) is 19.0 Å². The molecule has 2 heterocycles. The zero-order chi connectivity index (χ0) is 16.4. The number of aromatic nitrogens is 3. The number of sulfonamides is 1. The summed E-state index contributed by atoms with van der Waals surface area (Å²) in [5, 5.41) is 19.3. The number of aryl methyl sites for hydroxylation is 1. The van der Waals surface area contributed by atoms with E-state index in [-0.39, 0.29) is 5.92 Å². The van der Waals surface area contributed by atoms with Crippen molar-refractivity contribution in [1.82, 2.24) is 19.7 Å². The normalized spacial score (nSPS) is 17.0. The van der Waals surface area contributed by atoms with Crippen molar-refractivity contribution in [3.05, 3.63) is 41.2 Å². The van der Waals surface area contributed by atoms with Crippen molar-refractivity contribution in [2.24, 2.45) is 0 Å². The number of rotatable bonds is 3. The number of nitrogens with one attached hydrogen (secondary N) is 1. The highest BCUT2D eigenvalue weighted by Crippen LogP contribution is 2.30. The Balaban J connectivity index is 1.74. The van der Waals surface area contributed by atoms with Gasteiger partial charge in [-0.1, -0.05) is 17.7 Å². The molecular weight excluding hydrogens is 314 g/mol. The van der Waals surface area contributed by atoms with Crippen LogP contribution in [0.4, 0.5) is 0 Å². The second-order valence-corrected chi connectivity index (χ2v) is 7.60. The van der Waals surface area contributed by atoms with Crippen LogP contribution in [-0.2, 0) is 10.0 Å². The third-order valence-electron chi connectivity index (χ3n) is 4.18. The molecule has 1 saturated heterocycles.